The molecule has 5 heteroatoms. The Morgan fingerprint density at radius 3 is 2.76 bits per heavy atom. The van der Waals surface area contributed by atoms with Crippen LogP contribution in [0.4, 0.5) is 5.13 Å². The smallest absolute Gasteiger partial charge is 0.226 e. The lowest BCUT2D eigenvalue weighted by atomic mass is 10.1. The van der Waals surface area contributed by atoms with E-state index >= 15 is 0 Å². The normalized spacial score (nSPS) is 10.2. The van der Waals surface area contributed by atoms with E-state index in [9.17, 15) is 4.79 Å². The van der Waals surface area contributed by atoms with E-state index in [4.69, 9.17) is 0 Å². The number of aryl methyl sites for hydroxylation is 2. The largest absolute Gasteiger partial charge is 0.301 e. The molecule has 0 aliphatic heterocycles. The molecule has 1 amide bonds. The van der Waals surface area contributed by atoms with Crippen LogP contribution in [0.5, 0.6) is 0 Å². The molecule has 0 saturated heterocycles. The van der Waals surface area contributed by atoms with E-state index in [1.54, 1.807) is 5.51 Å². The van der Waals surface area contributed by atoms with Crippen molar-refractivity contribution in [3.63, 3.8) is 0 Å². The zero-order valence-corrected chi connectivity index (χ0v) is 10.3. The molecule has 4 nitrogen and oxygen atoms in total. The van der Waals surface area contributed by atoms with Gasteiger partial charge < -0.3 is 5.32 Å². The summed E-state index contributed by atoms with van der Waals surface area (Å²) in [4.78, 5) is 11.6. The second-order valence-electron chi connectivity index (χ2n) is 3.78. The SMILES string of the molecule is Cc1ccc(CCC(=O)Nc2nncs2)cc1. The quantitative estimate of drug-likeness (QED) is 0.902. The fraction of sp³-hybridized carbons (Fsp3) is 0.250. The molecular formula is C12H13N3OS. The van der Waals surface area contributed by atoms with Crippen molar-refractivity contribution in [1.82, 2.24) is 10.2 Å². The van der Waals surface area contributed by atoms with E-state index in [0.29, 0.717) is 11.6 Å². The number of amides is 1. The first-order valence-corrected chi connectivity index (χ1v) is 6.23. The number of carbonyl (C=O) groups is 1. The van der Waals surface area contributed by atoms with Crippen molar-refractivity contribution in [1.29, 1.82) is 0 Å². The van der Waals surface area contributed by atoms with E-state index in [1.165, 1.54) is 22.5 Å². The minimum absolute atomic E-state index is 0.0256. The van der Waals surface area contributed by atoms with Crippen molar-refractivity contribution in [3.05, 3.63) is 40.9 Å². The third kappa shape index (κ3) is 3.64. The Bertz CT molecular complexity index is 479. The Morgan fingerprint density at radius 2 is 2.12 bits per heavy atom. The lowest BCUT2D eigenvalue weighted by molar-refractivity contribution is -0.116. The van der Waals surface area contributed by atoms with E-state index in [0.717, 1.165) is 6.42 Å². The number of aromatic nitrogens is 2. The second kappa shape index (κ2) is 5.54. The number of hydrogen-bond donors (Lipinski definition) is 1. The first kappa shape index (κ1) is 11.7. The molecule has 0 unspecified atom stereocenters. The van der Waals surface area contributed by atoms with Crippen molar-refractivity contribution in [2.45, 2.75) is 19.8 Å². The van der Waals surface area contributed by atoms with Crippen LogP contribution in [0.2, 0.25) is 0 Å². The standard InChI is InChI=1S/C12H13N3OS/c1-9-2-4-10(5-3-9)6-7-11(16)14-12-15-13-8-17-12/h2-5,8H,6-7H2,1H3,(H,14,15,16). The molecular weight excluding hydrogens is 234 g/mol. The monoisotopic (exact) mass is 247 g/mol. The molecule has 1 heterocycles. The van der Waals surface area contributed by atoms with Crippen molar-refractivity contribution in [2.24, 2.45) is 0 Å². The van der Waals surface area contributed by atoms with Crippen LogP contribution < -0.4 is 5.32 Å². The summed E-state index contributed by atoms with van der Waals surface area (Å²) in [6, 6.07) is 8.21. The van der Waals surface area contributed by atoms with Crippen LogP contribution in [0.1, 0.15) is 17.5 Å². The van der Waals surface area contributed by atoms with Gasteiger partial charge in [0.05, 0.1) is 0 Å². The molecule has 1 aromatic heterocycles. The van der Waals surface area contributed by atoms with Crippen LogP contribution in [0, 0.1) is 6.92 Å². The number of hydrogen-bond acceptors (Lipinski definition) is 4. The van der Waals surface area contributed by atoms with Gasteiger partial charge in [-0.3, -0.25) is 4.79 Å². The number of benzene rings is 1. The summed E-state index contributed by atoms with van der Waals surface area (Å²) in [5, 5.41) is 10.7. The summed E-state index contributed by atoms with van der Waals surface area (Å²) in [5.41, 5.74) is 3.99. The predicted molar refractivity (Wildman–Crippen MR) is 68.0 cm³/mol. The van der Waals surface area contributed by atoms with Gasteiger partial charge >= 0.3 is 0 Å². The summed E-state index contributed by atoms with van der Waals surface area (Å²) in [5.74, 6) is -0.0256. The highest BCUT2D eigenvalue weighted by atomic mass is 32.1. The highest BCUT2D eigenvalue weighted by Crippen LogP contribution is 2.10. The van der Waals surface area contributed by atoms with Gasteiger partial charge in [-0.15, -0.1) is 10.2 Å². The van der Waals surface area contributed by atoms with E-state index < -0.39 is 0 Å². The first-order chi connectivity index (χ1) is 8.24. The third-order valence-electron chi connectivity index (χ3n) is 2.37. The Morgan fingerprint density at radius 1 is 1.35 bits per heavy atom. The molecule has 1 N–H and O–H groups in total. The van der Waals surface area contributed by atoms with Gasteiger partial charge in [0.15, 0.2) is 0 Å². The lowest BCUT2D eigenvalue weighted by Crippen LogP contribution is -2.12. The number of rotatable bonds is 4. The Hall–Kier alpha value is -1.75. The average molecular weight is 247 g/mol. The van der Waals surface area contributed by atoms with Gasteiger partial charge in [0.25, 0.3) is 0 Å². The van der Waals surface area contributed by atoms with Gasteiger partial charge in [-0.1, -0.05) is 41.2 Å². The van der Waals surface area contributed by atoms with Crippen molar-refractivity contribution in [2.75, 3.05) is 5.32 Å². The first-order valence-electron chi connectivity index (χ1n) is 5.35. The van der Waals surface area contributed by atoms with Gasteiger partial charge in [0, 0.05) is 6.42 Å². The van der Waals surface area contributed by atoms with Crippen LogP contribution in [0.25, 0.3) is 0 Å². The van der Waals surface area contributed by atoms with Crippen LogP contribution in [-0.4, -0.2) is 16.1 Å². The number of nitrogens with zero attached hydrogens (tertiary/aromatic N) is 2. The Kier molecular flexibility index (Phi) is 3.82. The van der Waals surface area contributed by atoms with Gasteiger partial charge in [0.1, 0.15) is 5.51 Å². The molecule has 0 fully saturated rings. The minimum atomic E-state index is -0.0256. The summed E-state index contributed by atoms with van der Waals surface area (Å²) < 4.78 is 0. The predicted octanol–water partition coefficient (Wildman–Crippen LogP) is 2.42. The maximum Gasteiger partial charge on any atom is 0.226 e. The fourth-order valence-electron chi connectivity index (χ4n) is 1.42. The van der Waals surface area contributed by atoms with E-state index in [1.807, 2.05) is 19.1 Å². The molecule has 0 radical (unpaired) electrons. The fourth-order valence-corrected chi connectivity index (χ4v) is 1.88. The maximum absolute atomic E-state index is 11.6. The Balaban J connectivity index is 1.82. The third-order valence-corrected chi connectivity index (χ3v) is 2.97. The second-order valence-corrected chi connectivity index (χ2v) is 4.61. The van der Waals surface area contributed by atoms with E-state index in [2.05, 4.69) is 27.6 Å². The summed E-state index contributed by atoms with van der Waals surface area (Å²) in [7, 11) is 0. The number of carbonyl (C=O) groups excluding carboxylic acids is 1. The van der Waals surface area contributed by atoms with Gasteiger partial charge in [-0.25, -0.2) is 0 Å². The zero-order valence-electron chi connectivity index (χ0n) is 9.51. The van der Waals surface area contributed by atoms with Gasteiger partial charge in [0.2, 0.25) is 11.0 Å². The molecule has 0 saturated carbocycles. The molecule has 2 rings (SSSR count). The van der Waals surface area contributed by atoms with Gasteiger partial charge in [-0.2, -0.15) is 0 Å². The zero-order chi connectivity index (χ0) is 12.1. The molecule has 0 atom stereocenters. The molecule has 0 bridgehead atoms. The van der Waals surface area contributed by atoms with Crippen molar-refractivity contribution < 1.29 is 4.79 Å². The van der Waals surface area contributed by atoms with Crippen LogP contribution in [0.15, 0.2) is 29.8 Å². The molecule has 88 valence electrons. The van der Waals surface area contributed by atoms with E-state index in [-0.39, 0.29) is 5.91 Å². The average Bonchev–Trinajstić information content (AvgIpc) is 2.81. The molecule has 17 heavy (non-hydrogen) atoms. The summed E-state index contributed by atoms with van der Waals surface area (Å²) >= 11 is 1.32. The molecule has 2 aromatic rings. The maximum atomic E-state index is 11.6. The van der Waals surface area contributed by atoms with Crippen LogP contribution >= 0.6 is 11.3 Å². The lowest BCUT2D eigenvalue weighted by Gasteiger charge is -2.02. The van der Waals surface area contributed by atoms with Crippen LogP contribution in [-0.2, 0) is 11.2 Å². The molecule has 1 aromatic carbocycles. The van der Waals surface area contributed by atoms with Crippen LogP contribution in [0.3, 0.4) is 0 Å². The summed E-state index contributed by atoms with van der Waals surface area (Å²) in [6.45, 7) is 2.05. The number of nitrogens with one attached hydrogen (secondary N) is 1. The molecule has 0 aliphatic carbocycles. The molecule has 0 aliphatic rings. The topological polar surface area (TPSA) is 54.9 Å². The minimum Gasteiger partial charge on any atom is -0.301 e. The summed E-state index contributed by atoms with van der Waals surface area (Å²) in [6.07, 6.45) is 1.20. The Labute approximate surface area is 104 Å². The highest BCUT2D eigenvalue weighted by Gasteiger charge is 2.04. The van der Waals surface area contributed by atoms with Crippen molar-refractivity contribution >= 4 is 22.4 Å². The number of anilines is 1. The van der Waals surface area contributed by atoms with Gasteiger partial charge in [-0.05, 0) is 18.9 Å². The highest BCUT2D eigenvalue weighted by molar-refractivity contribution is 7.13. The molecule has 0 spiro atoms. The van der Waals surface area contributed by atoms with Crippen molar-refractivity contribution in [3.8, 4) is 0 Å².